The van der Waals surface area contributed by atoms with E-state index < -0.39 is 7.60 Å². The molecule has 1 fully saturated rings. The van der Waals surface area contributed by atoms with Crippen molar-refractivity contribution < 1.29 is 14.4 Å². The van der Waals surface area contributed by atoms with Gasteiger partial charge in [-0.1, -0.05) is 13.3 Å². The van der Waals surface area contributed by atoms with Crippen LogP contribution in [0.15, 0.2) is 0 Å². The summed E-state index contributed by atoms with van der Waals surface area (Å²) < 4.78 is 10.9. The summed E-state index contributed by atoms with van der Waals surface area (Å²) >= 11 is 0. The Labute approximate surface area is 73.3 Å². The lowest BCUT2D eigenvalue weighted by Gasteiger charge is -2.27. The fourth-order valence-electron chi connectivity index (χ4n) is 1.89. The standard InChI is InChI=1S/C8H17O3P/c1-2-7-3-5-8(6-4-7)12(9,10)11/h7-8H,2-6H2,1H3,(H2,9,10,11). The van der Waals surface area contributed by atoms with E-state index in [1.807, 2.05) is 0 Å². The molecule has 0 unspecified atom stereocenters. The van der Waals surface area contributed by atoms with Crippen molar-refractivity contribution in [2.45, 2.75) is 44.7 Å². The van der Waals surface area contributed by atoms with Gasteiger partial charge in [-0.05, 0) is 31.6 Å². The van der Waals surface area contributed by atoms with Crippen LogP contribution in [0, 0.1) is 5.92 Å². The summed E-state index contributed by atoms with van der Waals surface area (Å²) in [6.45, 7) is 2.14. The highest BCUT2D eigenvalue weighted by Gasteiger charge is 2.32. The van der Waals surface area contributed by atoms with Crippen LogP contribution in [-0.4, -0.2) is 15.4 Å². The summed E-state index contributed by atoms with van der Waals surface area (Å²) in [5.74, 6) is 0.702. The number of hydrogen-bond acceptors (Lipinski definition) is 1. The predicted molar refractivity (Wildman–Crippen MR) is 48.1 cm³/mol. The van der Waals surface area contributed by atoms with Crippen LogP contribution in [0.2, 0.25) is 0 Å². The molecule has 0 amide bonds. The summed E-state index contributed by atoms with van der Waals surface area (Å²) in [6.07, 6.45) is 4.55. The van der Waals surface area contributed by atoms with Gasteiger partial charge in [0.1, 0.15) is 0 Å². The average molecular weight is 192 g/mol. The van der Waals surface area contributed by atoms with Crippen LogP contribution in [0.1, 0.15) is 39.0 Å². The van der Waals surface area contributed by atoms with E-state index >= 15 is 0 Å². The third-order valence-corrected chi connectivity index (χ3v) is 4.34. The average Bonchev–Trinajstić information content (AvgIpc) is 2.03. The van der Waals surface area contributed by atoms with Crippen LogP contribution in [0.3, 0.4) is 0 Å². The third kappa shape index (κ3) is 2.58. The summed E-state index contributed by atoms with van der Waals surface area (Å²) in [7, 11) is -3.78. The predicted octanol–water partition coefficient (Wildman–Crippen LogP) is 2.13. The second-order valence-corrected chi connectivity index (χ2v) is 5.58. The second kappa shape index (κ2) is 3.91. The van der Waals surface area contributed by atoms with Gasteiger partial charge in [0.05, 0.1) is 5.66 Å². The van der Waals surface area contributed by atoms with Gasteiger partial charge in [0, 0.05) is 0 Å². The van der Waals surface area contributed by atoms with Crippen molar-refractivity contribution in [2.75, 3.05) is 0 Å². The molecule has 0 aromatic carbocycles. The molecule has 2 N–H and O–H groups in total. The normalized spacial score (nSPS) is 31.9. The third-order valence-electron chi connectivity index (χ3n) is 2.87. The quantitative estimate of drug-likeness (QED) is 0.659. The van der Waals surface area contributed by atoms with Gasteiger partial charge in [-0.25, -0.2) is 0 Å². The molecule has 0 bridgehead atoms. The lowest BCUT2D eigenvalue weighted by atomic mass is 9.87. The zero-order valence-corrected chi connectivity index (χ0v) is 8.33. The first-order valence-electron chi connectivity index (χ1n) is 4.59. The SMILES string of the molecule is CCC1CCC(P(=O)(O)O)CC1. The fraction of sp³-hybridized carbons (Fsp3) is 1.00. The molecule has 0 radical (unpaired) electrons. The Morgan fingerprint density at radius 2 is 1.75 bits per heavy atom. The second-order valence-electron chi connectivity index (χ2n) is 3.67. The minimum absolute atomic E-state index is 0.347. The Morgan fingerprint density at radius 3 is 2.08 bits per heavy atom. The summed E-state index contributed by atoms with van der Waals surface area (Å²) in [5.41, 5.74) is -0.347. The molecule has 1 aliphatic rings. The van der Waals surface area contributed by atoms with Crippen molar-refractivity contribution in [3.8, 4) is 0 Å². The topological polar surface area (TPSA) is 57.5 Å². The van der Waals surface area contributed by atoms with Crippen molar-refractivity contribution in [3.63, 3.8) is 0 Å². The Bertz CT molecular complexity index is 179. The molecular formula is C8H17O3P. The lowest BCUT2D eigenvalue weighted by Crippen LogP contribution is -2.18. The largest absolute Gasteiger partial charge is 0.328 e. The molecule has 3 nitrogen and oxygen atoms in total. The van der Waals surface area contributed by atoms with E-state index in [1.54, 1.807) is 0 Å². The van der Waals surface area contributed by atoms with Crippen molar-refractivity contribution in [3.05, 3.63) is 0 Å². The molecule has 0 atom stereocenters. The molecular weight excluding hydrogens is 175 g/mol. The first-order valence-corrected chi connectivity index (χ1v) is 6.27. The van der Waals surface area contributed by atoms with Gasteiger partial charge in [-0.3, -0.25) is 4.57 Å². The highest BCUT2D eigenvalue weighted by atomic mass is 31.2. The van der Waals surface area contributed by atoms with Crippen LogP contribution in [0.5, 0.6) is 0 Å². The molecule has 0 spiro atoms. The van der Waals surface area contributed by atoms with Crippen LogP contribution in [0.4, 0.5) is 0 Å². The van der Waals surface area contributed by atoms with Crippen LogP contribution in [-0.2, 0) is 4.57 Å². The highest BCUT2D eigenvalue weighted by molar-refractivity contribution is 7.52. The van der Waals surface area contributed by atoms with Crippen LogP contribution in [0.25, 0.3) is 0 Å². The van der Waals surface area contributed by atoms with E-state index in [9.17, 15) is 4.57 Å². The molecule has 1 aliphatic carbocycles. The van der Waals surface area contributed by atoms with Crippen molar-refractivity contribution in [1.82, 2.24) is 0 Å². The van der Waals surface area contributed by atoms with Gasteiger partial charge < -0.3 is 9.79 Å². The first kappa shape index (κ1) is 10.2. The van der Waals surface area contributed by atoms with E-state index in [4.69, 9.17) is 9.79 Å². The Balaban J connectivity index is 2.41. The maximum absolute atomic E-state index is 10.9. The molecule has 0 heterocycles. The zero-order chi connectivity index (χ0) is 9.19. The summed E-state index contributed by atoms with van der Waals surface area (Å²) in [5, 5.41) is 0. The summed E-state index contributed by atoms with van der Waals surface area (Å²) in [6, 6.07) is 0. The van der Waals surface area contributed by atoms with Crippen molar-refractivity contribution in [1.29, 1.82) is 0 Å². The molecule has 1 rings (SSSR count). The molecule has 0 aromatic heterocycles. The molecule has 72 valence electrons. The summed E-state index contributed by atoms with van der Waals surface area (Å²) in [4.78, 5) is 17.8. The van der Waals surface area contributed by atoms with Gasteiger partial charge in [0.15, 0.2) is 0 Å². The molecule has 4 heteroatoms. The lowest BCUT2D eigenvalue weighted by molar-refractivity contribution is 0.300. The first-order chi connectivity index (χ1) is 5.54. The Kier molecular flexibility index (Phi) is 3.33. The molecule has 1 saturated carbocycles. The molecule has 12 heavy (non-hydrogen) atoms. The van der Waals surface area contributed by atoms with Crippen molar-refractivity contribution >= 4 is 7.60 Å². The molecule has 0 saturated heterocycles. The fourth-order valence-corrected chi connectivity index (χ4v) is 2.86. The van der Waals surface area contributed by atoms with E-state index in [-0.39, 0.29) is 5.66 Å². The minimum Gasteiger partial charge on any atom is -0.324 e. The van der Waals surface area contributed by atoms with Crippen LogP contribution >= 0.6 is 7.60 Å². The van der Waals surface area contributed by atoms with E-state index in [2.05, 4.69) is 6.92 Å². The Hall–Kier alpha value is 0.150. The van der Waals surface area contributed by atoms with Gasteiger partial charge in [-0.2, -0.15) is 0 Å². The monoisotopic (exact) mass is 192 g/mol. The number of rotatable bonds is 2. The smallest absolute Gasteiger partial charge is 0.324 e. The van der Waals surface area contributed by atoms with Crippen molar-refractivity contribution in [2.24, 2.45) is 5.92 Å². The van der Waals surface area contributed by atoms with Crippen LogP contribution < -0.4 is 0 Å². The van der Waals surface area contributed by atoms with E-state index in [1.165, 1.54) is 0 Å². The maximum atomic E-state index is 10.9. The number of hydrogen-bond donors (Lipinski definition) is 2. The Morgan fingerprint density at radius 1 is 1.25 bits per heavy atom. The van der Waals surface area contributed by atoms with Gasteiger partial charge >= 0.3 is 7.60 Å². The van der Waals surface area contributed by atoms with Gasteiger partial charge in [-0.15, -0.1) is 0 Å². The van der Waals surface area contributed by atoms with Gasteiger partial charge in [0.25, 0.3) is 0 Å². The molecule has 0 aromatic rings. The van der Waals surface area contributed by atoms with E-state index in [0.717, 1.165) is 19.3 Å². The maximum Gasteiger partial charge on any atom is 0.328 e. The zero-order valence-electron chi connectivity index (χ0n) is 7.44. The molecule has 0 aliphatic heterocycles. The van der Waals surface area contributed by atoms with Gasteiger partial charge in [0.2, 0.25) is 0 Å². The highest BCUT2D eigenvalue weighted by Crippen LogP contribution is 2.49. The minimum atomic E-state index is -3.78. The van der Waals surface area contributed by atoms with E-state index in [0.29, 0.717) is 18.8 Å².